The van der Waals surface area contributed by atoms with E-state index in [4.69, 9.17) is 0 Å². The normalized spacial score (nSPS) is 10.2. The number of hydrogen-bond donors (Lipinski definition) is 1. The zero-order valence-electron chi connectivity index (χ0n) is 7.67. The van der Waals surface area contributed by atoms with Crippen molar-refractivity contribution in [2.75, 3.05) is 13.1 Å². The summed E-state index contributed by atoms with van der Waals surface area (Å²) in [6.07, 6.45) is 4.45. The van der Waals surface area contributed by atoms with E-state index in [1.165, 1.54) is 5.56 Å². The number of hydrogen-bond acceptors (Lipinski definition) is 3. The highest BCUT2D eigenvalue weighted by atomic mass is 14.9. The van der Waals surface area contributed by atoms with Gasteiger partial charge in [0.1, 0.15) is 6.33 Å². The Morgan fingerprint density at radius 1 is 1.50 bits per heavy atom. The van der Waals surface area contributed by atoms with Gasteiger partial charge in [0, 0.05) is 24.9 Å². The number of rotatable bonds is 4. The number of nitrogens with one attached hydrogen (secondary N) is 1. The largest absolute Gasteiger partial charge is 0.317 e. The van der Waals surface area contributed by atoms with Crippen LogP contribution in [0.4, 0.5) is 0 Å². The monoisotopic (exact) mass is 165 g/mol. The van der Waals surface area contributed by atoms with Crippen LogP contribution in [0, 0.1) is 6.92 Å². The van der Waals surface area contributed by atoms with Crippen LogP contribution in [0.15, 0.2) is 12.5 Å². The van der Waals surface area contributed by atoms with E-state index in [1.54, 1.807) is 6.33 Å². The maximum atomic E-state index is 4.20. The highest BCUT2D eigenvalue weighted by Gasteiger charge is 1.97. The third kappa shape index (κ3) is 2.58. The van der Waals surface area contributed by atoms with Crippen LogP contribution in [0.25, 0.3) is 0 Å². The first-order chi connectivity index (χ1) is 5.84. The van der Waals surface area contributed by atoms with Gasteiger partial charge < -0.3 is 5.32 Å². The van der Waals surface area contributed by atoms with Crippen molar-refractivity contribution in [3.05, 3.63) is 23.8 Å². The fraction of sp³-hybridized carbons (Fsp3) is 0.556. The average molecular weight is 165 g/mol. The molecule has 0 atom stereocenters. The topological polar surface area (TPSA) is 37.8 Å². The lowest BCUT2D eigenvalue weighted by Crippen LogP contribution is -2.17. The molecule has 3 nitrogen and oxygen atoms in total. The molecule has 0 fully saturated rings. The summed E-state index contributed by atoms with van der Waals surface area (Å²) in [7, 11) is 0. The Bertz CT molecular complexity index is 235. The number of likely N-dealkylation sites (N-methyl/N-ethyl adjacent to an activating group) is 1. The molecule has 0 aliphatic carbocycles. The molecule has 3 heteroatoms. The molecule has 0 aliphatic heterocycles. The molecule has 0 saturated carbocycles. The van der Waals surface area contributed by atoms with E-state index in [1.807, 2.05) is 13.1 Å². The van der Waals surface area contributed by atoms with Gasteiger partial charge in [0.05, 0.1) is 0 Å². The summed E-state index contributed by atoms with van der Waals surface area (Å²) < 4.78 is 0. The highest BCUT2D eigenvalue weighted by Crippen LogP contribution is 2.00. The second-order valence-corrected chi connectivity index (χ2v) is 2.76. The molecule has 0 aromatic carbocycles. The second-order valence-electron chi connectivity index (χ2n) is 2.76. The smallest absolute Gasteiger partial charge is 0.115 e. The maximum absolute atomic E-state index is 4.20. The van der Waals surface area contributed by atoms with Crippen molar-refractivity contribution in [3.63, 3.8) is 0 Å². The third-order valence-electron chi connectivity index (χ3n) is 1.79. The Morgan fingerprint density at radius 2 is 2.33 bits per heavy atom. The summed E-state index contributed by atoms with van der Waals surface area (Å²) in [5.41, 5.74) is 2.32. The van der Waals surface area contributed by atoms with E-state index in [2.05, 4.69) is 22.2 Å². The fourth-order valence-electron chi connectivity index (χ4n) is 1.07. The molecule has 1 heterocycles. The van der Waals surface area contributed by atoms with Crippen LogP contribution in [0.3, 0.4) is 0 Å². The molecule has 0 spiro atoms. The van der Waals surface area contributed by atoms with Crippen molar-refractivity contribution in [1.29, 1.82) is 0 Å². The van der Waals surface area contributed by atoms with Gasteiger partial charge >= 0.3 is 0 Å². The highest BCUT2D eigenvalue weighted by molar-refractivity contribution is 5.13. The minimum atomic E-state index is 0.988. The van der Waals surface area contributed by atoms with Crippen LogP contribution in [-0.2, 0) is 6.42 Å². The van der Waals surface area contributed by atoms with Gasteiger partial charge in [-0.2, -0.15) is 0 Å². The van der Waals surface area contributed by atoms with Gasteiger partial charge in [0.25, 0.3) is 0 Å². The summed E-state index contributed by atoms with van der Waals surface area (Å²) in [5.74, 6) is 0. The lowest BCUT2D eigenvalue weighted by Gasteiger charge is -2.03. The molecule has 0 radical (unpaired) electrons. The van der Waals surface area contributed by atoms with Crippen LogP contribution in [0.1, 0.15) is 18.2 Å². The average Bonchev–Trinajstić information content (AvgIpc) is 2.09. The van der Waals surface area contributed by atoms with Crippen molar-refractivity contribution < 1.29 is 0 Å². The summed E-state index contributed by atoms with van der Waals surface area (Å²) in [5, 5.41) is 3.26. The Balaban J connectivity index is 2.46. The number of aryl methyl sites for hydroxylation is 1. The molecule has 1 aromatic rings. The van der Waals surface area contributed by atoms with E-state index >= 15 is 0 Å². The van der Waals surface area contributed by atoms with Crippen molar-refractivity contribution in [3.8, 4) is 0 Å². The summed E-state index contributed by atoms with van der Waals surface area (Å²) in [6, 6.07) is 0. The fourth-order valence-corrected chi connectivity index (χ4v) is 1.07. The molecule has 1 N–H and O–H groups in total. The minimum Gasteiger partial charge on any atom is -0.317 e. The third-order valence-corrected chi connectivity index (χ3v) is 1.79. The van der Waals surface area contributed by atoms with Crippen molar-refractivity contribution in [2.24, 2.45) is 0 Å². The molecule has 12 heavy (non-hydrogen) atoms. The van der Waals surface area contributed by atoms with Crippen LogP contribution in [-0.4, -0.2) is 23.1 Å². The SMILES string of the molecule is CCNCCc1ncncc1C. The van der Waals surface area contributed by atoms with Crippen LogP contribution < -0.4 is 5.32 Å². The van der Waals surface area contributed by atoms with Gasteiger partial charge in [-0.1, -0.05) is 6.92 Å². The minimum absolute atomic E-state index is 0.988. The van der Waals surface area contributed by atoms with Gasteiger partial charge in [0.2, 0.25) is 0 Å². The van der Waals surface area contributed by atoms with Crippen LogP contribution >= 0.6 is 0 Å². The predicted molar refractivity (Wildman–Crippen MR) is 49.0 cm³/mol. The zero-order valence-corrected chi connectivity index (χ0v) is 7.67. The molecular weight excluding hydrogens is 150 g/mol. The summed E-state index contributed by atoms with van der Waals surface area (Å²) in [6.45, 7) is 6.16. The van der Waals surface area contributed by atoms with E-state index in [9.17, 15) is 0 Å². The molecule has 0 unspecified atom stereocenters. The van der Waals surface area contributed by atoms with Crippen LogP contribution in [0.2, 0.25) is 0 Å². The second kappa shape index (κ2) is 4.83. The molecule has 0 amide bonds. The van der Waals surface area contributed by atoms with Crippen molar-refractivity contribution in [1.82, 2.24) is 15.3 Å². The Labute approximate surface area is 73.2 Å². The van der Waals surface area contributed by atoms with E-state index in [0.717, 1.165) is 25.2 Å². The molecule has 0 saturated heterocycles. The van der Waals surface area contributed by atoms with Gasteiger partial charge in [-0.05, 0) is 19.0 Å². The van der Waals surface area contributed by atoms with E-state index in [0.29, 0.717) is 0 Å². The van der Waals surface area contributed by atoms with E-state index < -0.39 is 0 Å². The van der Waals surface area contributed by atoms with Gasteiger partial charge in [-0.15, -0.1) is 0 Å². The van der Waals surface area contributed by atoms with E-state index in [-0.39, 0.29) is 0 Å². The molecule has 0 bridgehead atoms. The zero-order chi connectivity index (χ0) is 8.81. The number of aromatic nitrogens is 2. The van der Waals surface area contributed by atoms with Crippen molar-refractivity contribution in [2.45, 2.75) is 20.3 Å². The van der Waals surface area contributed by atoms with Gasteiger partial charge in [-0.3, -0.25) is 0 Å². The van der Waals surface area contributed by atoms with Gasteiger partial charge in [0.15, 0.2) is 0 Å². The molecular formula is C9H15N3. The first kappa shape index (κ1) is 9.13. The standard InChI is InChI=1S/C9H15N3/c1-3-10-5-4-9-8(2)6-11-7-12-9/h6-7,10H,3-5H2,1-2H3. The summed E-state index contributed by atoms with van der Waals surface area (Å²) in [4.78, 5) is 8.14. The lowest BCUT2D eigenvalue weighted by molar-refractivity contribution is 0.704. The molecule has 66 valence electrons. The first-order valence-corrected chi connectivity index (χ1v) is 4.30. The first-order valence-electron chi connectivity index (χ1n) is 4.30. The predicted octanol–water partition coefficient (Wildman–Crippen LogP) is 0.937. The Kier molecular flexibility index (Phi) is 3.67. The van der Waals surface area contributed by atoms with Crippen LogP contribution in [0.5, 0.6) is 0 Å². The maximum Gasteiger partial charge on any atom is 0.115 e. The quantitative estimate of drug-likeness (QED) is 0.675. The molecule has 1 rings (SSSR count). The summed E-state index contributed by atoms with van der Waals surface area (Å²) >= 11 is 0. The number of nitrogens with zero attached hydrogens (tertiary/aromatic N) is 2. The van der Waals surface area contributed by atoms with Crippen molar-refractivity contribution >= 4 is 0 Å². The Morgan fingerprint density at radius 3 is 3.00 bits per heavy atom. The Hall–Kier alpha value is -0.960. The molecule has 1 aromatic heterocycles. The molecule has 0 aliphatic rings. The van der Waals surface area contributed by atoms with Gasteiger partial charge in [-0.25, -0.2) is 9.97 Å². The lowest BCUT2D eigenvalue weighted by atomic mass is 10.2.